The Morgan fingerprint density at radius 1 is 1.38 bits per heavy atom. The Morgan fingerprint density at radius 2 is 2.08 bits per heavy atom. The molecule has 1 saturated heterocycles. The van der Waals surface area contributed by atoms with Crippen LogP contribution in [0.2, 0.25) is 0 Å². The van der Waals surface area contributed by atoms with Crippen LogP contribution in [-0.4, -0.2) is 49.9 Å². The number of carbonyl (C=O) groups excluding carboxylic acids is 1. The summed E-state index contributed by atoms with van der Waals surface area (Å²) in [5.74, 6) is 0.718. The summed E-state index contributed by atoms with van der Waals surface area (Å²) < 4.78 is 11.5. The number of rotatable bonds is 3. The summed E-state index contributed by atoms with van der Waals surface area (Å²) in [6, 6.07) is 5.41. The molecule has 2 N–H and O–H groups in total. The molecule has 1 aromatic rings. The van der Waals surface area contributed by atoms with Crippen LogP contribution in [0.4, 0.5) is 16.2 Å². The summed E-state index contributed by atoms with van der Waals surface area (Å²) in [5, 5.41) is 0. The van der Waals surface area contributed by atoms with Gasteiger partial charge in [-0.1, -0.05) is 0 Å². The molecule has 24 heavy (non-hydrogen) atoms. The minimum absolute atomic E-state index is 0.159. The topological polar surface area (TPSA) is 68.0 Å². The van der Waals surface area contributed by atoms with E-state index in [1.165, 1.54) is 4.90 Å². The van der Waals surface area contributed by atoms with E-state index in [1.807, 2.05) is 26.8 Å². The summed E-state index contributed by atoms with van der Waals surface area (Å²) in [5.41, 5.74) is 6.58. The molecule has 1 aromatic carbocycles. The number of amides is 1. The molecule has 0 aliphatic carbocycles. The van der Waals surface area contributed by atoms with Crippen LogP contribution in [0.1, 0.15) is 33.6 Å². The molecule has 1 atom stereocenters. The predicted octanol–water partition coefficient (Wildman–Crippen LogP) is 3.11. The quantitative estimate of drug-likeness (QED) is 0.860. The maximum atomic E-state index is 12.3. The van der Waals surface area contributed by atoms with Crippen LogP contribution < -0.4 is 15.4 Å². The van der Waals surface area contributed by atoms with Crippen molar-refractivity contribution in [3.05, 3.63) is 18.2 Å². The Kier molecular flexibility index (Phi) is 5.59. The average molecular weight is 335 g/mol. The van der Waals surface area contributed by atoms with Gasteiger partial charge < -0.3 is 20.1 Å². The van der Waals surface area contributed by atoms with Gasteiger partial charge in [0.25, 0.3) is 0 Å². The van der Waals surface area contributed by atoms with Crippen LogP contribution in [0.5, 0.6) is 5.75 Å². The third-order valence-electron chi connectivity index (χ3n) is 3.91. The maximum Gasteiger partial charge on any atom is 0.414 e. The minimum Gasteiger partial charge on any atom is -0.489 e. The first-order chi connectivity index (χ1) is 11.2. The molecule has 1 unspecified atom stereocenters. The summed E-state index contributed by atoms with van der Waals surface area (Å²) >= 11 is 0. The molecule has 0 aromatic heterocycles. The van der Waals surface area contributed by atoms with Gasteiger partial charge in [-0.2, -0.15) is 0 Å². The van der Waals surface area contributed by atoms with Gasteiger partial charge in [0.05, 0.1) is 11.4 Å². The van der Waals surface area contributed by atoms with Gasteiger partial charge in [0.15, 0.2) is 0 Å². The minimum atomic E-state index is -0.555. The zero-order chi connectivity index (χ0) is 17.9. The summed E-state index contributed by atoms with van der Waals surface area (Å²) in [6.45, 7) is 7.51. The van der Waals surface area contributed by atoms with Crippen molar-refractivity contribution in [2.75, 3.05) is 37.8 Å². The van der Waals surface area contributed by atoms with Gasteiger partial charge in [-0.3, -0.25) is 4.90 Å². The molecule has 1 heterocycles. The van der Waals surface area contributed by atoms with Crippen LogP contribution in [0.15, 0.2) is 18.2 Å². The summed E-state index contributed by atoms with van der Waals surface area (Å²) in [6.07, 6.45) is 1.88. The standard InChI is InChI=1S/C18H29N3O3/c1-18(2,3)24-17(22)21(5)16-11-13(8-9-15(16)19)23-14-7-6-10-20(4)12-14/h8-9,11,14H,6-7,10,12,19H2,1-5H3. The van der Waals surface area contributed by atoms with Gasteiger partial charge in [-0.05, 0) is 59.3 Å². The summed E-state index contributed by atoms with van der Waals surface area (Å²) in [7, 11) is 3.75. The Bertz CT molecular complexity index is 583. The lowest BCUT2D eigenvalue weighted by Crippen LogP contribution is -2.38. The second-order valence-electron chi connectivity index (χ2n) is 7.40. The molecule has 1 aliphatic heterocycles. The van der Waals surface area contributed by atoms with E-state index in [9.17, 15) is 4.79 Å². The van der Waals surface area contributed by atoms with Crippen molar-refractivity contribution in [3.63, 3.8) is 0 Å². The average Bonchev–Trinajstić information content (AvgIpc) is 2.47. The number of benzene rings is 1. The number of nitrogens with two attached hydrogens (primary N) is 1. The highest BCUT2D eigenvalue weighted by molar-refractivity contribution is 5.91. The van der Waals surface area contributed by atoms with Gasteiger partial charge in [-0.25, -0.2) is 4.79 Å². The largest absolute Gasteiger partial charge is 0.489 e. The van der Waals surface area contributed by atoms with Crippen molar-refractivity contribution < 1.29 is 14.3 Å². The van der Waals surface area contributed by atoms with Crippen molar-refractivity contribution >= 4 is 17.5 Å². The number of likely N-dealkylation sites (N-methyl/N-ethyl adjacent to an activating group) is 1. The molecule has 1 aliphatic rings. The number of anilines is 2. The first-order valence-electron chi connectivity index (χ1n) is 8.37. The highest BCUT2D eigenvalue weighted by Crippen LogP contribution is 2.30. The number of carbonyl (C=O) groups is 1. The highest BCUT2D eigenvalue weighted by atomic mass is 16.6. The Labute approximate surface area is 144 Å². The van der Waals surface area contributed by atoms with E-state index in [1.54, 1.807) is 19.2 Å². The summed E-state index contributed by atoms with van der Waals surface area (Å²) in [4.78, 5) is 15.9. The molecule has 134 valence electrons. The molecule has 0 bridgehead atoms. The second kappa shape index (κ2) is 7.30. The normalized spacial score (nSPS) is 19.0. The Hall–Kier alpha value is -1.95. The zero-order valence-electron chi connectivity index (χ0n) is 15.3. The molecule has 6 heteroatoms. The Balaban J connectivity index is 2.11. The van der Waals surface area contributed by atoms with Gasteiger partial charge in [0.2, 0.25) is 0 Å². The zero-order valence-corrected chi connectivity index (χ0v) is 15.3. The van der Waals surface area contributed by atoms with Crippen molar-refractivity contribution in [1.29, 1.82) is 0 Å². The van der Waals surface area contributed by atoms with Gasteiger partial charge in [0, 0.05) is 19.7 Å². The smallest absolute Gasteiger partial charge is 0.414 e. The molecule has 0 saturated carbocycles. The molecule has 2 rings (SSSR count). The van der Waals surface area contributed by atoms with Crippen molar-refractivity contribution in [3.8, 4) is 5.75 Å². The molecule has 0 spiro atoms. The highest BCUT2D eigenvalue weighted by Gasteiger charge is 2.23. The second-order valence-corrected chi connectivity index (χ2v) is 7.40. The lowest BCUT2D eigenvalue weighted by molar-refractivity contribution is 0.0589. The molecule has 0 radical (unpaired) electrons. The lowest BCUT2D eigenvalue weighted by atomic mass is 10.1. The van der Waals surface area contributed by atoms with Gasteiger partial charge in [-0.15, -0.1) is 0 Å². The van der Waals surface area contributed by atoms with E-state index in [2.05, 4.69) is 11.9 Å². The van der Waals surface area contributed by atoms with Gasteiger partial charge in [0.1, 0.15) is 17.5 Å². The molecule has 6 nitrogen and oxygen atoms in total. The fourth-order valence-electron chi connectivity index (χ4n) is 2.72. The van der Waals surface area contributed by atoms with Crippen molar-refractivity contribution in [2.24, 2.45) is 0 Å². The third kappa shape index (κ3) is 5.03. The number of hydrogen-bond acceptors (Lipinski definition) is 5. The Morgan fingerprint density at radius 3 is 2.71 bits per heavy atom. The number of ether oxygens (including phenoxy) is 2. The van der Waals surface area contributed by atoms with E-state index >= 15 is 0 Å². The molecular formula is C18H29N3O3. The van der Waals surface area contributed by atoms with Crippen molar-refractivity contribution in [2.45, 2.75) is 45.3 Å². The number of nitrogen functional groups attached to an aromatic ring is 1. The van der Waals surface area contributed by atoms with Crippen LogP contribution in [0.3, 0.4) is 0 Å². The van der Waals surface area contributed by atoms with E-state index in [-0.39, 0.29) is 6.10 Å². The van der Waals surface area contributed by atoms with E-state index in [0.717, 1.165) is 31.7 Å². The van der Waals surface area contributed by atoms with E-state index in [4.69, 9.17) is 15.2 Å². The van der Waals surface area contributed by atoms with Gasteiger partial charge >= 0.3 is 6.09 Å². The SMILES string of the molecule is CN1CCCC(Oc2ccc(N)c(N(C)C(=O)OC(C)(C)C)c2)C1. The first kappa shape index (κ1) is 18.4. The van der Waals surface area contributed by atoms with Crippen LogP contribution in [-0.2, 0) is 4.74 Å². The maximum absolute atomic E-state index is 12.3. The predicted molar refractivity (Wildman–Crippen MR) is 96.6 cm³/mol. The number of nitrogens with zero attached hydrogens (tertiary/aromatic N) is 2. The van der Waals surface area contributed by atoms with Crippen LogP contribution in [0, 0.1) is 0 Å². The number of likely N-dealkylation sites (tertiary alicyclic amines) is 1. The third-order valence-corrected chi connectivity index (χ3v) is 3.91. The molecular weight excluding hydrogens is 306 g/mol. The number of piperidine rings is 1. The lowest BCUT2D eigenvalue weighted by Gasteiger charge is -2.30. The van der Waals surface area contributed by atoms with E-state index in [0.29, 0.717) is 11.4 Å². The number of hydrogen-bond donors (Lipinski definition) is 1. The van der Waals surface area contributed by atoms with E-state index < -0.39 is 11.7 Å². The first-order valence-corrected chi connectivity index (χ1v) is 8.37. The van der Waals surface area contributed by atoms with Crippen LogP contribution >= 0.6 is 0 Å². The fourth-order valence-corrected chi connectivity index (χ4v) is 2.72. The monoisotopic (exact) mass is 335 g/mol. The molecule has 1 fully saturated rings. The van der Waals surface area contributed by atoms with Crippen LogP contribution in [0.25, 0.3) is 0 Å². The van der Waals surface area contributed by atoms with Crippen molar-refractivity contribution in [1.82, 2.24) is 4.90 Å². The fraction of sp³-hybridized carbons (Fsp3) is 0.611. The molecule has 1 amide bonds.